The van der Waals surface area contributed by atoms with E-state index in [2.05, 4.69) is 0 Å². The van der Waals surface area contributed by atoms with Crippen LogP contribution in [0, 0.1) is 0 Å². The minimum atomic E-state index is -0.730. The number of carbonyl (C=O) groups is 5. The number of amides is 5. The van der Waals surface area contributed by atoms with Crippen LogP contribution < -0.4 is 0 Å². The van der Waals surface area contributed by atoms with Gasteiger partial charge >= 0.3 is 0 Å². The standard InChI is InChI=1S/C30H55N5O5/c1-26(2,3)31-16-22(37)33(28(7,8)9)18-24(39)35(30(13,14)15)20-25(40)34(29(10,11)12)19-23(38)32(17-21(31)36)27(4,5)6/h16-20H2,1-15H3. The molecule has 1 aliphatic heterocycles. The van der Waals surface area contributed by atoms with Crippen molar-refractivity contribution in [1.29, 1.82) is 0 Å². The zero-order valence-corrected chi connectivity index (χ0v) is 27.8. The lowest BCUT2D eigenvalue weighted by atomic mass is 10.0. The Bertz CT molecular complexity index is 801. The molecular formula is C30H55N5O5. The minimum Gasteiger partial charge on any atom is -0.327 e. The van der Waals surface area contributed by atoms with Gasteiger partial charge in [0, 0.05) is 27.7 Å². The van der Waals surface area contributed by atoms with Gasteiger partial charge in [0.25, 0.3) is 0 Å². The fourth-order valence-corrected chi connectivity index (χ4v) is 4.60. The zero-order chi connectivity index (χ0) is 31.8. The van der Waals surface area contributed by atoms with Crippen molar-refractivity contribution in [1.82, 2.24) is 24.5 Å². The molecule has 5 amide bonds. The predicted octanol–water partition coefficient (Wildman–Crippen LogP) is 3.14. The molecule has 0 atom stereocenters. The lowest BCUT2D eigenvalue weighted by molar-refractivity contribution is -0.154. The Labute approximate surface area is 242 Å². The van der Waals surface area contributed by atoms with Gasteiger partial charge in [0.1, 0.15) is 32.7 Å². The first-order valence-electron chi connectivity index (χ1n) is 14.1. The van der Waals surface area contributed by atoms with Crippen LogP contribution in [0.15, 0.2) is 0 Å². The summed E-state index contributed by atoms with van der Waals surface area (Å²) >= 11 is 0. The van der Waals surface area contributed by atoms with Gasteiger partial charge in [-0.15, -0.1) is 0 Å². The Balaban J connectivity index is 3.89. The van der Waals surface area contributed by atoms with Gasteiger partial charge in [-0.3, -0.25) is 24.0 Å². The zero-order valence-electron chi connectivity index (χ0n) is 27.8. The topological polar surface area (TPSA) is 102 Å². The smallest absolute Gasteiger partial charge is 0.243 e. The molecule has 0 aliphatic carbocycles. The van der Waals surface area contributed by atoms with Gasteiger partial charge in [-0.25, -0.2) is 0 Å². The van der Waals surface area contributed by atoms with Crippen molar-refractivity contribution >= 4 is 29.5 Å². The van der Waals surface area contributed by atoms with Crippen molar-refractivity contribution in [2.75, 3.05) is 32.7 Å². The van der Waals surface area contributed by atoms with Crippen LogP contribution in [0.4, 0.5) is 0 Å². The summed E-state index contributed by atoms with van der Waals surface area (Å²) in [4.78, 5) is 76.4. The van der Waals surface area contributed by atoms with E-state index in [9.17, 15) is 24.0 Å². The highest BCUT2D eigenvalue weighted by atomic mass is 16.2. The first kappa shape index (κ1) is 35.4. The summed E-state index contributed by atoms with van der Waals surface area (Å²) in [5.41, 5.74) is -3.65. The van der Waals surface area contributed by atoms with E-state index in [0.717, 1.165) is 0 Å². The normalized spacial score (nSPS) is 19.4. The van der Waals surface area contributed by atoms with Crippen LogP contribution >= 0.6 is 0 Å². The van der Waals surface area contributed by atoms with E-state index in [0.29, 0.717) is 0 Å². The molecule has 1 heterocycles. The Morgan fingerprint density at radius 3 is 0.475 bits per heavy atom. The number of hydrogen-bond acceptors (Lipinski definition) is 5. The Kier molecular flexibility index (Phi) is 10.3. The number of nitrogens with zero attached hydrogens (tertiary/aromatic N) is 5. The molecule has 1 saturated heterocycles. The van der Waals surface area contributed by atoms with E-state index in [1.807, 2.05) is 104 Å². The van der Waals surface area contributed by atoms with E-state index in [1.165, 1.54) is 24.5 Å². The molecule has 0 N–H and O–H groups in total. The minimum absolute atomic E-state index is 0.248. The maximum absolute atomic E-state index is 13.8. The van der Waals surface area contributed by atoms with Crippen LogP contribution in [0.1, 0.15) is 104 Å². The molecule has 0 aromatic heterocycles. The summed E-state index contributed by atoms with van der Waals surface area (Å²) in [5, 5.41) is 0. The molecule has 0 bridgehead atoms. The second kappa shape index (κ2) is 11.7. The first-order chi connectivity index (χ1) is 17.6. The molecule has 0 saturated carbocycles. The van der Waals surface area contributed by atoms with Crippen LogP contribution in [-0.2, 0) is 24.0 Å². The van der Waals surface area contributed by atoms with Crippen molar-refractivity contribution in [3.63, 3.8) is 0 Å². The predicted molar refractivity (Wildman–Crippen MR) is 157 cm³/mol. The quantitative estimate of drug-likeness (QED) is 0.449. The van der Waals surface area contributed by atoms with Gasteiger partial charge in [-0.1, -0.05) is 0 Å². The molecule has 1 fully saturated rings. The summed E-state index contributed by atoms with van der Waals surface area (Å²) < 4.78 is 0. The average Bonchev–Trinajstić information content (AvgIpc) is 2.70. The highest BCUT2D eigenvalue weighted by Gasteiger charge is 2.41. The maximum Gasteiger partial charge on any atom is 0.243 e. The summed E-state index contributed by atoms with van der Waals surface area (Å²) in [6, 6.07) is 0. The van der Waals surface area contributed by atoms with E-state index in [1.54, 1.807) is 0 Å². The van der Waals surface area contributed by atoms with Gasteiger partial charge in [-0.05, 0) is 104 Å². The summed E-state index contributed by atoms with van der Waals surface area (Å²) in [5.74, 6) is -1.93. The SMILES string of the molecule is CC(C)(C)N1CC(=O)N(C(C)(C)C)CC(=O)N(C(C)(C)C)CC(=O)N(C(C)(C)C)CC(=O)N(C(C)(C)C)CC1=O. The molecule has 10 nitrogen and oxygen atoms in total. The van der Waals surface area contributed by atoms with Crippen molar-refractivity contribution in [2.45, 2.75) is 132 Å². The lowest BCUT2D eigenvalue weighted by Crippen LogP contribution is -2.60. The highest BCUT2D eigenvalue weighted by molar-refractivity contribution is 5.94. The molecule has 1 rings (SSSR count). The van der Waals surface area contributed by atoms with Gasteiger partial charge in [0.05, 0.1) is 0 Å². The summed E-state index contributed by atoms with van der Waals surface area (Å²) in [6.45, 7) is 26.3. The molecule has 0 unspecified atom stereocenters. The van der Waals surface area contributed by atoms with Crippen molar-refractivity contribution in [3.8, 4) is 0 Å². The van der Waals surface area contributed by atoms with Gasteiger partial charge < -0.3 is 24.5 Å². The molecule has 0 spiro atoms. The largest absolute Gasteiger partial charge is 0.327 e. The third kappa shape index (κ3) is 9.20. The van der Waals surface area contributed by atoms with E-state index in [-0.39, 0.29) is 62.3 Å². The highest BCUT2D eigenvalue weighted by Crippen LogP contribution is 2.24. The van der Waals surface area contributed by atoms with Gasteiger partial charge in [0.15, 0.2) is 0 Å². The molecule has 230 valence electrons. The second-order valence-corrected chi connectivity index (χ2v) is 15.8. The van der Waals surface area contributed by atoms with Crippen LogP contribution in [0.5, 0.6) is 0 Å². The van der Waals surface area contributed by atoms with E-state index in [4.69, 9.17) is 0 Å². The average molecular weight is 566 g/mol. The molecule has 40 heavy (non-hydrogen) atoms. The molecular weight excluding hydrogens is 510 g/mol. The number of rotatable bonds is 0. The van der Waals surface area contributed by atoms with Crippen molar-refractivity contribution in [2.24, 2.45) is 0 Å². The van der Waals surface area contributed by atoms with Gasteiger partial charge in [0.2, 0.25) is 29.5 Å². The van der Waals surface area contributed by atoms with Crippen LogP contribution in [0.25, 0.3) is 0 Å². The summed E-state index contributed by atoms with van der Waals surface area (Å²) in [7, 11) is 0. The third-order valence-corrected chi connectivity index (χ3v) is 7.02. The molecule has 1 aliphatic rings. The van der Waals surface area contributed by atoms with Crippen LogP contribution in [0.2, 0.25) is 0 Å². The maximum atomic E-state index is 13.8. The monoisotopic (exact) mass is 565 g/mol. The fraction of sp³-hybridized carbons (Fsp3) is 0.833. The summed E-state index contributed by atoms with van der Waals surface area (Å²) in [6.07, 6.45) is 0. The Hall–Kier alpha value is -2.65. The Morgan fingerprint density at radius 2 is 0.400 bits per heavy atom. The molecule has 0 aromatic carbocycles. The van der Waals surface area contributed by atoms with Crippen molar-refractivity contribution in [3.05, 3.63) is 0 Å². The van der Waals surface area contributed by atoms with Crippen LogP contribution in [0.3, 0.4) is 0 Å². The lowest BCUT2D eigenvalue weighted by Gasteiger charge is -2.43. The van der Waals surface area contributed by atoms with E-state index >= 15 is 0 Å². The van der Waals surface area contributed by atoms with E-state index < -0.39 is 27.7 Å². The van der Waals surface area contributed by atoms with Crippen molar-refractivity contribution < 1.29 is 24.0 Å². The number of carbonyl (C=O) groups excluding carboxylic acids is 5. The van der Waals surface area contributed by atoms with Gasteiger partial charge in [-0.2, -0.15) is 0 Å². The second-order valence-electron chi connectivity index (χ2n) is 15.8. The fourth-order valence-electron chi connectivity index (χ4n) is 4.60. The third-order valence-electron chi connectivity index (χ3n) is 7.02. The Morgan fingerprint density at radius 1 is 0.300 bits per heavy atom. The molecule has 10 heteroatoms. The molecule has 0 radical (unpaired) electrons. The van der Waals surface area contributed by atoms with Crippen LogP contribution in [-0.4, -0.2) is 114 Å². The first-order valence-corrected chi connectivity index (χ1v) is 14.1. The number of hydrogen-bond donors (Lipinski definition) is 0. The molecule has 0 aromatic rings.